The Hall–Kier alpha value is -3.38. The molecule has 6 nitrogen and oxygen atoms in total. The van der Waals surface area contributed by atoms with Crippen LogP contribution in [0, 0.1) is 6.92 Å². The average molecular weight is 394 g/mol. The van der Waals surface area contributed by atoms with Crippen molar-refractivity contribution in [3.05, 3.63) is 89.0 Å². The fourth-order valence-electron chi connectivity index (χ4n) is 2.77. The van der Waals surface area contributed by atoms with Gasteiger partial charge in [-0.25, -0.2) is 14.5 Å². The van der Waals surface area contributed by atoms with Crippen LogP contribution in [-0.2, 0) is 11.3 Å². The van der Waals surface area contributed by atoms with E-state index in [1.54, 1.807) is 6.92 Å². The molecule has 4 aromatic rings. The zero-order valence-corrected chi connectivity index (χ0v) is 15.8. The predicted octanol–water partition coefficient (Wildman–Crippen LogP) is 4.85. The van der Waals surface area contributed by atoms with Gasteiger partial charge in [0.1, 0.15) is 29.3 Å². The summed E-state index contributed by atoms with van der Waals surface area (Å²) in [4.78, 5) is 16.9. The number of ether oxygens (including phenoxy) is 1. The third-order valence-corrected chi connectivity index (χ3v) is 4.48. The summed E-state index contributed by atoms with van der Waals surface area (Å²) < 4.78 is 12.3. The zero-order valence-electron chi connectivity index (χ0n) is 15.0. The Labute approximate surface area is 166 Å². The Balaban J connectivity index is 1.49. The molecule has 4 rings (SSSR count). The van der Waals surface area contributed by atoms with Gasteiger partial charge in [0.2, 0.25) is 5.89 Å². The first kappa shape index (κ1) is 18.0. The molecule has 0 unspecified atom stereocenters. The Kier molecular flexibility index (Phi) is 4.95. The average Bonchev–Trinajstić information content (AvgIpc) is 3.32. The molecule has 0 aliphatic carbocycles. The first-order valence-electron chi connectivity index (χ1n) is 8.61. The molecule has 0 N–H and O–H groups in total. The molecule has 0 aliphatic heterocycles. The molecule has 0 aliphatic rings. The standard InChI is InChI=1S/C21H16ClN3O3/c1-14-18(19(22)25(24-14)17-10-6-3-7-11-17)21(26)28-13-16-12-27-20(23-16)15-8-4-2-5-9-15/h2-12H,13H2,1H3. The highest BCUT2D eigenvalue weighted by Gasteiger charge is 2.23. The van der Waals surface area contributed by atoms with Gasteiger partial charge in [-0.2, -0.15) is 5.10 Å². The number of nitrogens with zero attached hydrogens (tertiary/aromatic N) is 3. The van der Waals surface area contributed by atoms with Crippen molar-refractivity contribution in [2.24, 2.45) is 0 Å². The number of hydrogen-bond donors (Lipinski definition) is 0. The topological polar surface area (TPSA) is 70.2 Å². The van der Waals surface area contributed by atoms with Crippen molar-refractivity contribution < 1.29 is 13.9 Å². The number of aromatic nitrogens is 3. The van der Waals surface area contributed by atoms with Crippen LogP contribution in [0.3, 0.4) is 0 Å². The molecule has 0 saturated carbocycles. The molecule has 2 aromatic carbocycles. The van der Waals surface area contributed by atoms with Crippen molar-refractivity contribution in [2.75, 3.05) is 0 Å². The Morgan fingerprint density at radius 1 is 1.11 bits per heavy atom. The van der Waals surface area contributed by atoms with Crippen LogP contribution in [0.25, 0.3) is 17.1 Å². The number of hydrogen-bond acceptors (Lipinski definition) is 5. The van der Waals surface area contributed by atoms with Crippen LogP contribution in [0.5, 0.6) is 0 Å². The van der Waals surface area contributed by atoms with Gasteiger partial charge in [-0.15, -0.1) is 0 Å². The summed E-state index contributed by atoms with van der Waals surface area (Å²) in [7, 11) is 0. The van der Waals surface area contributed by atoms with Gasteiger partial charge in [-0.3, -0.25) is 0 Å². The van der Waals surface area contributed by atoms with E-state index in [9.17, 15) is 4.79 Å². The molecule has 0 radical (unpaired) electrons. The molecule has 0 fully saturated rings. The molecule has 0 spiro atoms. The quantitative estimate of drug-likeness (QED) is 0.453. The van der Waals surface area contributed by atoms with E-state index in [1.807, 2.05) is 60.7 Å². The van der Waals surface area contributed by atoms with Gasteiger partial charge in [0.15, 0.2) is 0 Å². The molecule has 28 heavy (non-hydrogen) atoms. The molecular weight excluding hydrogens is 378 g/mol. The molecule has 140 valence electrons. The van der Waals surface area contributed by atoms with Crippen molar-refractivity contribution >= 4 is 17.6 Å². The zero-order chi connectivity index (χ0) is 19.5. The Bertz CT molecular complexity index is 1100. The number of oxazole rings is 1. The largest absolute Gasteiger partial charge is 0.455 e. The molecule has 2 aromatic heterocycles. The number of carbonyl (C=O) groups excluding carboxylic acids is 1. The van der Waals surface area contributed by atoms with Crippen LogP contribution in [0.15, 0.2) is 71.3 Å². The summed E-state index contributed by atoms with van der Waals surface area (Å²) in [6, 6.07) is 18.8. The van der Waals surface area contributed by atoms with E-state index in [2.05, 4.69) is 10.1 Å². The lowest BCUT2D eigenvalue weighted by molar-refractivity contribution is 0.0467. The van der Waals surface area contributed by atoms with E-state index >= 15 is 0 Å². The number of aryl methyl sites for hydroxylation is 1. The third-order valence-electron chi connectivity index (χ3n) is 4.13. The second-order valence-electron chi connectivity index (χ2n) is 6.08. The smallest absolute Gasteiger partial charge is 0.343 e. The van der Waals surface area contributed by atoms with Crippen LogP contribution < -0.4 is 0 Å². The number of para-hydroxylation sites is 1. The van der Waals surface area contributed by atoms with Gasteiger partial charge < -0.3 is 9.15 Å². The molecule has 0 saturated heterocycles. The first-order valence-corrected chi connectivity index (χ1v) is 8.99. The maximum absolute atomic E-state index is 12.6. The van der Waals surface area contributed by atoms with Crippen LogP contribution in [0.1, 0.15) is 21.7 Å². The van der Waals surface area contributed by atoms with E-state index in [0.717, 1.165) is 11.3 Å². The molecule has 7 heteroatoms. The fraction of sp³-hybridized carbons (Fsp3) is 0.0952. The maximum Gasteiger partial charge on any atom is 0.343 e. The summed E-state index contributed by atoms with van der Waals surface area (Å²) in [5.41, 5.74) is 2.85. The lowest BCUT2D eigenvalue weighted by Gasteiger charge is -2.04. The van der Waals surface area contributed by atoms with E-state index in [1.165, 1.54) is 10.9 Å². The second-order valence-corrected chi connectivity index (χ2v) is 6.44. The summed E-state index contributed by atoms with van der Waals surface area (Å²) >= 11 is 6.39. The minimum absolute atomic E-state index is 0.0263. The van der Waals surface area contributed by atoms with Crippen LogP contribution in [0.4, 0.5) is 0 Å². The van der Waals surface area contributed by atoms with Crippen molar-refractivity contribution in [1.82, 2.24) is 14.8 Å². The molecule has 2 heterocycles. The summed E-state index contributed by atoms with van der Waals surface area (Å²) in [5, 5.41) is 4.56. The summed E-state index contributed by atoms with van der Waals surface area (Å²) in [6.07, 6.45) is 1.47. The summed E-state index contributed by atoms with van der Waals surface area (Å²) in [6.45, 7) is 1.69. The Morgan fingerprint density at radius 2 is 1.79 bits per heavy atom. The predicted molar refractivity (Wildman–Crippen MR) is 104 cm³/mol. The van der Waals surface area contributed by atoms with E-state index in [4.69, 9.17) is 20.8 Å². The van der Waals surface area contributed by atoms with Gasteiger partial charge in [-0.1, -0.05) is 48.0 Å². The number of benzene rings is 2. The minimum atomic E-state index is -0.561. The SMILES string of the molecule is Cc1nn(-c2ccccc2)c(Cl)c1C(=O)OCc1coc(-c2ccccc2)n1. The maximum atomic E-state index is 12.6. The van der Waals surface area contributed by atoms with Crippen LogP contribution in [0.2, 0.25) is 5.15 Å². The minimum Gasteiger partial charge on any atom is -0.455 e. The van der Waals surface area contributed by atoms with Crippen molar-refractivity contribution in [3.63, 3.8) is 0 Å². The van der Waals surface area contributed by atoms with E-state index in [-0.39, 0.29) is 17.3 Å². The highest BCUT2D eigenvalue weighted by molar-refractivity contribution is 6.33. The van der Waals surface area contributed by atoms with Crippen molar-refractivity contribution in [3.8, 4) is 17.1 Å². The molecule has 0 amide bonds. The van der Waals surface area contributed by atoms with E-state index < -0.39 is 5.97 Å². The number of halogens is 1. The van der Waals surface area contributed by atoms with Gasteiger partial charge >= 0.3 is 5.97 Å². The summed E-state index contributed by atoms with van der Waals surface area (Å²) in [5.74, 6) is -0.0910. The van der Waals surface area contributed by atoms with Gasteiger partial charge in [-0.05, 0) is 31.2 Å². The molecule has 0 atom stereocenters. The highest BCUT2D eigenvalue weighted by atomic mass is 35.5. The monoisotopic (exact) mass is 393 g/mol. The van der Waals surface area contributed by atoms with Crippen LogP contribution in [-0.4, -0.2) is 20.7 Å². The number of rotatable bonds is 5. The third kappa shape index (κ3) is 3.54. The lowest BCUT2D eigenvalue weighted by atomic mass is 10.2. The first-order chi connectivity index (χ1) is 13.6. The van der Waals surface area contributed by atoms with Crippen molar-refractivity contribution in [1.29, 1.82) is 0 Å². The van der Waals surface area contributed by atoms with E-state index in [0.29, 0.717) is 17.3 Å². The fourth-order valence-corrected chi connectivity index (χ4v) is 3.12. The number of esters is 1. The van der Waals surface area contributed by atoms with Gasteiger partial charge in [0.25, 0.3) is 0 Å². The van der Waals surface area contributed by atoms with Gasteiger partial charge in [0, 0.05) is 5.56 Å². The highest BCUT2D eigenvalue weighted by Crippen LogP contribution is 2.25. The normalized spacial score (nSPS) is 10.8. The molecular formula is C21H16ClN3O3. The Morgan fingerprint density at radius 3 is 2.50 bits per heavy atom. The van der Waals surface area contributed by atoms with Crippen molar-refractivity contribution in [2.45, 2.75) is 13.5 Å². The van der Waals surface area contributed by atoms with Gasteiger partial charge in [0.05, 0.1) is 11.4 Å². The lowest BCUT2D eigenvalue weighted by Crippen LogP contribution is -2.07. The second kappa shape index (κ2) is 7.70. The van der Waals surface area contributed by atoms with Crippen LogP contribution >= 0.6 is 11.6 Å². The molecule has 0 bridgehead atoms. The number of carbonyl (C=O) groups is 1.